The highest BCUT2D eigenvalue weighted by molar-refractivity contribution is 6.22. The highest BCUT2D eigenvalue weighted by Gasteiger charge is 2.18. The van der Waals surface area contributed by atoms with Gasteiger partial charge in [-0.2, -0.15) is 0 Å². The van der Waals surface area contributed by atoms with E-state index >= 15 is 0 Å². The van der Waals surface area contributed by atoms with Gasteiger partial charge < -0.3 is 8.98 Å². The third kappa shape index (κ3) is 2.96. The maximum absolute atomic E-state index is 6.41. The SMILES string of the molecule is c1ccc2c(c1)ccc1c2c2ccc(-c3cccc4c3oc3ccccc34)cc2n1-c1ccc2nccnc2c1. The zero-order valence-corrected chi connectivity index (χ0v) is 21.4. The van der Waals surface area contributed by atoms with Crippen LogP contribution in [0.3, 0.4) is 0 Å². The van der Waals surface area contributed by atoms with E-state index in [0.29, 0.717) is 0 Å². The number of aromatic nitrogens is 3. The Labute approximate surface area is 228 Å². The minimum atomic E-state index is 0.874. The minimum Gasteiger partial charge on any atom is -0.455 e. The van der Waals surface area contributed by atoms with Gasteiger partial charge in [0, 0.05) is 45.2 Å². The van der Waals surface area contributed by atoms with Crippen LogP contribution in [0.2, 0.25) is 0 Å². The van der Waals surface area contributed by atoms with Crippen molar-refractivity contribution in [2.45, 2.75) is 0 Å². The Hall–Kier alpha value is -5.48. The molecule has 0 spiro atoms. The summed E-state index contributed by atoms with van der Waals surface area (Å²) in [5.41, 5.74) is 9.14. The largest absolute Gasteiger partial charge is 0.455 e. The highest BCUT2D eigenvalue weighted by Crippen LogP contribution is 2.41. The first-order valence-electron chi connectivity index (χ1n) is 13.4. The molecular weight excluding hydrogens is 490 g/mol. The zero-order valence-electron chi connectivity index (χ0n) is 21.4. The molecule has 9 rings (SSSR count). The second kappa shape index (κ2) is 8.01. The minimum absolute atomic E-state index is 0.874. The Morgan fingerprint density at radius 1 is 0.550 bits per heavy atom. The molecule has 0 atom stereocenters. The molecule has 9 aromatic rings. The molecule has 4 nitrogen and oxygen atoms in total. The van der Waals surface area contributed by atoms with Gasteiger partial charge in [0.2, 0.25) is 0 Å². The summed E-state index contributed by atoms with van der Waals surface area (Å²) in [6, 6.07) is 40.8. The molecule has 0 radical (unpaired) electrons. The molecule has 0 aliphatic carbocycles. The lowest BCUT2D eigenvalue weighted by atomic mass is 9.99. The van der Waals surface area contributed by atoms with Gasteiger partial charge in [-0.05, 0) is 52.7 Å². The van der Waals surface area contributed by atoms with Gasteiger partial charge in [-0.3, -0.25) is 9.97 Å². The van der Waals surface area contributed by atoms with E-state index in [4.69, 9.17) is 4.42 Å². The van der Waals surface area contributed by atoms with E-state index in [0.717, 1.165) is 60.8 Å². The van der Waals surface area contributed by atoms with Crippen LogP contribution in [-0.4, -0.2) is 14.5 Å². The fraction of sp³-hybridized carbons (Fsp3) is 0. The van der Waals surface area contributed by atoms with Gasteiger partial charge in [-0.1, -0.05) is 78.9 Å². The van der Waals surface area contributed by atoms with Crippen molar-refractivity contribution in [3.63, 3.8) is 0 Å². The van der Waals surface area contributed by atoms with Crippen LogP contribution in [0.15, 0.2) is 132 Å². The van der Waals surface area contributed by atoms with Crippen molar-refractivity contribution in [1.29, 1.82) is 0 Å². The molecule has 0 aliphatic rings. The number of hydrogen-bond donors (Lipinski definition) is 0. The van der Waals surface area contributed by atoms with Crippen LogP contribution in [0.1, 0.15) is 0 Å². The molecule has 0 saturated carbocycles. The van der Waals surface area contributed by atoms with E-state index < -0.39 is 0 Å². The third-order valence-corrected chi connectivity index (χ3v) is 8.08. The molecule has 6 aromatic carbocycles. The maximum atomic E-state index is 6.41. The van der Waals surface area contributed by atoms with Crippen LogP contribution in [0.4, 0.5) is 0 Å². The van der Waals surface area contributed by atoms with E-state index in [-0.39, 0.29) is 0 Å². The molecule has 40 heavy (non-hydrogen) atoms. The third-order valence-electron chi connectivity index (χ3n) is 8.08. The van der Waals surface area contributed by atoms with E-state index in [9.17, 15) is 0 Å². The lowest BCUT2D eigenvalue weighted by Crippen LogP contribution is -1.95. The molecule has 0 fully saturated rings. The second-order valence-corrected chi connectivity index (χ2v) is 10.3. The highest BCUT2D eigenvalue weighted by atomic mass is 16.3. The lowest BCUT2D eigenvalue weighted by molar-refractivity contribution is 0.670. The average Bonchev–Trinajstić information content (AvgIpc) is 3.56. The number of nitrogens with zero attached hydrogens (tertiary/aromatic N) is 3. The van der Waals surface area contributed by atoms with Crippen molar-refractivity contribution >= 4 is 65.6 Å². The van der Waals surface area contributed by atoms with Crippen LogP contribution in [0.5, 0.6) is 0 Å². The standard InChI is InChI=1S/C36H21N3O/c1-2-7-25-22(6-1)13-17-32-35(25)29-15-12-23(26-9-5-10-28-27-8-3-4-11-34(27)40-36(26)28)20-33(29)39(32)24-14-16-30-31(21-24)38-19-18-37-30/h1-21H. The summed E-state index contributed by atoms with van der Waals surface area (Å²) in [7, 11) is 0. The van der Waals surface area contributed by atoms with Crippen molar-refractivity contribution in [3.8, 4) is 16.8 Å². The molecule has 0 amide bonds. The lowest BCUT2D eigenvalue weighted by Gasteiger charge is -2.10. The van der Waals surface area contributed by atoms with Crippen molar-refractivity contribution in [3.05, 3.63) is 128 Å². The van der Waals surface area contributed by atoms with Crippen LogP contribution in [0, 0.1) is 0 Å². The number of rotatable bonds is 2. The van der Waals surface area contributed by atoms with E-state index in [1.807, 2.05) is 12.1 Å². The first kappa shape index (κ1) is 21.5. The summed E-state index contributed by atoms with van der Waals surface area (Å²) in [4.78, 5) is 9.08. The van der Waals surface area contributed by atoms with E-state index in [1.165, 1.54) is 21.5 Å². The summed E-state index contributed by atoms with van der Waals surface area (Å²) in [6.45, 7) is 0. The first-order valence-corrected chi connectivity index (χ1v) is 13.4. The van der Waals surface area contributed by atoms with Gasteiger partial charge in [0.05, 0.1) is 22.1 Å². The normalized spacial score (nSPS) is 12.0. The number of benzene rings is 6. The molecule has 186 valence electrons. The first-order chi connectivity index (χ1) is 19.8. The Bertz CT molecular complexity index is 2450. The fourth-order valence-corrected chi connectivity index (χ4v) is 6.30. The predicted molar refractivity (Wildman–Crippen MR) is 164 cm³/mol. The van der Waals surface area contributed by atoms with Gasteiger partial charge in [0.25, 0.3) is 0 Å². The molecule has 0 N–H and O–H groups in total. The van der Waals surface area contributed by atoms with Gasteiger partial charge in [-0.15, -0.1) is 0 Å². The Morgan fingerprint density at radius 2 is 1.38 bits per heavy atom. The summed E-state index contributed by atoms with van der Waals surface area (Å²) in [5, 5.41) is 7.21. The summed E-state index contributed by atoms with van der Waals surface area (Å²) >= 11 is 0. The fourth-order valence-electron chi connectivity index (χ4n) is 6.30. The molecule has 0 saturated heterocycles. The second-order valence-electron chi connectivity index (χ2n) is 10.3. The zero-order chi connectivity index (χ0) is 26.2. The quantitative estimate of drug-likeness (QED) is 0.232. The number of furan rings is 1. The number of fused-ring (bicyclic) bond motifs is 9. The summed E-state index contributed by atoms with van der Waals surface area (Å²) in [6.07, 6.45) is 3.48. The molecule has 4 heteroatoms. The van der Waals surface area contributed by atoms with Crippen molar-refractivity contribution in [2.75, 3.05) is 0 Å². The summed E-state index contributed by atoms with van der Waals surface area (Å²) < 4.78 is 8.76. The van der Waals surface area contributed by atoms with Crippen LogP contribution in [0.25, 0.3) is 82.4 Å². The van der Waals surface area contributed by atoms with Crippen LogP contribution in [-0.2, 0) is 0 Å². The van der Waals surface area contributed by atoms with Crippen LogP contribution < -0.4 is 0 Å². The average molecular weight is 512 g/mol. The van der Waals surface area contributed by atoms with E-state index in [1.54, 1.807) is 12.4 Å². The Balaban J connectivity index is 1.39. The van der Waals surface area contributed by atoms with Crippen molar-refractivity contribution < 1.29 is 4.42 Å². The molecule has 0 bridgehead atoms. The summed E-state index contributed by atoms with van der Waals surface area (Å²) in [5.74, 6) is 0. The monoisotopic (exact) mass is 511 g/mol. The topological polar surface area (TPSA) is 43.9 Å². The molecular formula is C36H21N3O. The van der Waals surface area contributed by atoms with E-state index in [2.05, 4.69) is 118 Å². The molecule has 0 unspecified atom stereocenters. The van der Waals surface area contributed by atoms with Gasteiger partial charge in [0.15, 0.2) is 0 Å². The van der Waals surface area contributed by atoms with Crippen LogP contribution >= 0.6 is 0 Å². The Kier molecular flexibility index (Phi) is 4.30. The van der Waals surface area contributed by atoms with Crippen molar-refractivity contribution in [2.24, 2.45) is 0 Å². The van der Waals surface area contributed by atoms with Gasteiger partial charge in [0.1, 0.15) is 11.2 Å². The molecule has 3 aromatic heterocycles. The van der Waals surface area contributed by atoms with Crippen molar-refractivity contribution in [1.82, 2.24) is 14.5 Å². The van der Waals surface area contributed by atoms with Gasteiger partial charge in [-0.25, -0.2) is 0 Å². The maximum Gasteiger partial charge on any atom is 0.143 e. The molecule has 3 heterocycles. The Morgan fingerprint density at radius 3 is 2.33 bits per heavy atom. The number of para-hydroxylation sites is 2. The van der Waals surface area contributed by atoms with Gasteiger partial charge >= 0.3 is 0 Å². The smallest absolute Gasteiger partial charge is 0.143 e. The predicted octanol–water partition coefficient (Wildman–Crippen LogP) is 9.45. The molecule has 0 aliphatic heterocycles. The number of hydrogen-bond acceptors (Lipinski definition) is 3.